The van der Waals surface area contributed by atoms with Crippen LogP contribution in [0.25, 0.3) is 0 Å². The molecule has 1 unspecified atom stereocenters. The number of carbonyl (C=O) groups excluding carboxylic acids is 2. The Hall–Kier alpha value is -1.30. The standard InChI is InChI=1S/C16H29NO5/c1-8-20-13(18)9-11(2)12-10-21-16(6,7)17(12)14(19)22-15(3,4)5/h11-12H,8-10H2,1-7H3/t11-,12?/m1/s1. The average Bonchev–Trinajstić information content (AvgIpc) is 2.62. The predicted molar refractivity (Wildman–Crippen MR) is 82.3 cm³/mol. The van der Waals surface area contributed by atoms with Gasteiger partial charge in [-0.3, -0.25) is 9.69 Å². The van der Waals surface area contributed by atoms with Gasteiger partial charge in [0.2, 0.25) is 0 Å². The van der Waals surface area contributed by atoms with Crippen LogP contribution in [0.2, 0.25) is 0 Å². The van der Waals surface area contributed by atoms with E-state index in [1.807, 2.05) is 41.5 Å². The second kappa shape index (κ2) is 6.86. The molecule has 1 fully saturated rings. The lowest BCUT2D eigenvalue weighted by molar-refractivity contribution is -0.144. The fourth-order valence-corrected chi connectivity index (χ4v) is 2.54. The normalized spacial score (nSPS) is 22.3. The molecule has 1 rings (SSSR count). The van der Waals surface area contributed by atoms with Crippen LogP contribution in [0.5, 0.6) is 0 Å². The molecule has 1 aliphatic rings. The summed E-state index contributed by atoms with van der Waals surface area (Å²) >= 11 is 0. The average molecular weight is 315 g/mol. The lowest BCUT2D eigenvalue weighted by Crippen LogP contribution is -2.51. The van der Waals surface area contributed by atoms with Crippen molar-refractivity contribution < 1.29 is 23.8 Å². The Morgan fingerprint density at radius 1 is 1.36 bits per heavy atom. The van der Waals surface area contributed by atoms with Crippen LogP contribution >= 0.6 is 0 Å². The van der Waals surface area contributed by atoms with Gasteiger partial charge in [0.15, 0.2) is 0 Å². The third kappa shape index (κ3) is 4.87. The van der Waals surface area contributed by atoms with Crippen molar-refractivity contribution in [1.29, 1.82) is 0 Å². The van der Waals surface area contributed by atoms with Crippen LogP contribution in [0.4, 0.5) is 4.79 Å². The zero-order chi connectivity index (χ0) is 17.1. The maximum atomic E-state index is 12.5. The number of hydrogen-bond acceptors (Lipinski definition) is 5. The summed E-state index contributed by atoms with van der Waals surface area (Å²) in [7, 11) is 0. The molecular formula is C16H29NO5. The second-order valence-corrected chi connectivity index (χ2v) is 7.16. The fraction of sp³-hybridized carbons (Fsp3) is 0.875. The maximum absolute atomic E-state index is 12.5. The predicted octanol–water partition coefficient (Wildman–Crippen LogP) is 2.95. The van der Waals surface area contributed by atoms with E-state index in [0.717, 1.165) is 0 Å². The van der Waals surface area contributed by atoms with Gasteiger partial charge < -0.3 is 14.2 Å². The minimum atomic E-state index is -0.754. The Labute approximate surface area is 133 Å². The number of hydrogen-bond donors (Lipinski definition) is 0. The molecule has 6 heteroatoms. The lowest BCUT2D eigenvalue weighted by Gasteiger charge is -2.36. The van der Waals surface area contributed by atoms with Crippen molar-refractivity contribution in [2.24, 2.45) is 5.92 Å². The summed E-state index contributed by atoms with van der Waals surface area (Å²) < 4.78 is 16.2. The summed E-state index contributed by atoms with van der Waals surface area (Å²) in [6.45, 7) is 13.6. The summed E-state index contributed by atoms with van der Waals surface area (Å²) in [6, 6.07) is -0.214. The number of ether oxygens (including phenoxy) is 3. The molecule has 1 aliphatic heterocycles. The number of carbonyl (C=O) groups is 2. The minimum Gasteiger partial charge on any atom is -0.466 e. The SMILES string of the molecule is CCOC(=O)C[C@@H](C)C1COC(C)(C)N1C(=O)OC(C)(C)C. The van der Waals surface area contributed by atoms with E-state index in [1.165, 1.54) is 0 Å². The maximum Gasteiger partial charge on any atom is 0.412 e. The van der Waals surface area contributed by atoms with Crippen LogP contribution in [0.15, 0.2) is 0 Å². The highest BCUT2D eigenvalue weighted by molar-refractivity contribution is 5.71. The van der Waals surface area contributed by atoms with Gasteiger partial charge in [-0.1, -0.05) is 6.92 Å². The van der Waals surface area contributed by atoms with Crippen LogP contribution in [0, 0.1) is 5.92 Å². The van der Waals surface area contributed by atoms with E-state index in [1.54, 1.807) is 11.8 Å². The zero-order valence-electron chi connectivity index (χ0n) is 14.8. The number of rotatable bonds is 4. The van der Waals surface area contributed by atoms with Crippen LogP contribution < -0.4 is 0 Å². The quantitative estimate of drug-likeness (QED) is 0.746. The Bertz CT molecular complexity index is 413. The van der Waals surface area contributed by atoms with Crippen molar-refractivity contribution >= 4 is 12.1 Å². The molecule has 1 heterocycles. The van der Waals surface area contributed by atoms with Crippen LogP contribution in [0.3, 0.4) is 0 Å². The molecule has 1 saturated heterocycles. The van der Waals surface area contributed by atoms with Gasteiger partial charge >= 0.3 is 12.1 Å². The van der Waals surface area contributed by atoms with Gasteiger partial charge in [-0.2, -0.15) is 0 Å². The summed E-state index contributed by atoms with van der Waals surface area (Å²) in [5, 5.41) is 0. The zero-order valence-corrected chi connectivity index (χ0v) is 14.8. The van der Waals surface area contributed by atoms with Gasteiger partial charge in [0, 0.05) is 0 Å². The highest BCUT2D eigenvalue weighted by atomic mass is 16.6. The van der Waals surface area contributed by atoms with Crippen molar-refractivity contribution in [2.45, 2.75) is 72.3 Å². The van der Waals surface area contributed by atoms with E-state index in [-0.39, 0.29) is 24.3 Å². The van der Waals surface area contributed by atoms with Gasteiger partial charge in [-0.15, -0.1) is 0 Å². The topological polar surface area (TPSA) is 65.1 Å². The molecule has 22 heavy (non-hydrogen) atoms. The van der Waals surface area contributed by atoms with Crippen molar-refractivity contribution in [3.05, 3.63) is 0 Å². The highest BCUT2D eigenvalue weighted by Crippen LogP contribution is 2.33. The Morgan fingerprint density at radius 3 is 2.45 bits per heavy atom. The van der Waals surface area contributed by atoms with E-state index >= 15 is 0 Å². The summed E-state index contributed by atoms with van der Waals surface area (Å²) in [5.41, 5.74) is -1.33. The van der Waals surface area contributed by atoms with Crippen molar-refractivity contribution in [3.63, 3.8) is 0 Å². The van der Waals surface area contributed by atoms with E-state index in [9.17, 15) is 9.59 Å². The molecule has 0 aromatic heterocycles. The van der Waals surface area contributed by atoms with Gasteiger partial charge in [0.1, 0.15) is 11.3 Å². The first-order valence-corrected chi connectivity index (χ1v) is 7.80. The van der Waals surface area contributed by atoms with Crippen LogP contribution in [-0.2, 0) is 19.0 Å². The van der Waals surface area contributed by atoms with Gasteiger partial charge in [-0.25, -0.2) is 4.79 Å². The second-order valence-electron chi connectivity index (χ2n) is 7.16. The minimum absolute atomic E-state index is 0.0756. The van der Waals surface area contributed by atoms with E-state index in [4.69, 9.17) is 14.2 Å². The Balaban J connectivity index is 2.84. The van der Waals surface area contributed by atoms with Crippen molar-refractivity contribution in [1.82, 2.24) is 4.90 Å². The Morgan fingerprint density at radius 2 is 1.95 bits per heavy atom. The van der Waals surface area contributed by atoms with Gasteiger partial charge in [0.25, 0.3) is 0 Å². The van der Waals surface area contributed by atoms with E-state index in [0.29, 0.717) is 13.2 Å². The number of esters is 1. The van der Waals surface area contributed by atoms with Gasteiger partial charge in [0.05, 0.1) is 25.7 Å². The lowest BCUT2D eigenvalue weighted by atomic mass is 9.97. The molecule has 1 amide bonds. The number of nitrogens with zero attached hydrogens (tertiary/aromatic N) is 1. The molecule has 0 aromatic carbocycles. The molecule has 0 bridgehead atoms. The molecule has 2 atom stereocenters. The fourth-order valence-electron chi connectivity index (χ4n) is 2.54. The molecule has 0 aliphatic carbocycles. The third-order valence-corrected chi connectivity index (χ3v) is 3.56. The van der Waals surface area contributed by atoms with Crippen LogP contribution in [0.1, 0.15) is 54.9 Å². The monoisotopic (exact) mass is 315 g/mol. The summed E-state index contributed by atoms with van der Waals surface area (Å²) in [4.78, 5) is 25.8. The van der Waals surface area contributed by atoms with Gasteiger partial charge in [-0.05, 0) is 47.5 Å². The summed E-state index contributed by atoms with van der Waals surface area (Å²) in [6.07, 6.45) is -0.173. The van der Waals surface area contributed by atoms with E-state index < -0.39 is 17.4 Å². The highest BCUT2D eigenvalue weighted by Gasteiger charge is 2.47. The van der Waals surface area contributed by atoms with Crippen molar-refractivity contribution in [3.8, 4) is 0 Å². The molecule has 6 nitrogen and oxygen atoms in total. The largest absolute Gasteiger partial charge is 0.466 e. The molecular weight excluding hydrogens is 286 g/mol. The first kappa shape index (κ1) is 18.7. The molecule has 0 spiro atoms. The Kier molecular flexibility index (Phi) is 5.84. The molecule has 0 N–H and O–H groups in total. The van der Waals surface area contributed by atoms with Crippen molar-refractivity contribution in [2.75, 3.05) is 13.2 Å². The first-order valence-electron chi connectivity index (χ1n) is 7.80. The molecule has 0 aromatic rings. The number of amides is 1. The molecule has 0 saturated carbocycles. The van der Waals surface area contributed by atoms with Crippen LogP contribution in [-0.4, -0.2) is 47.5 Å². The third-order valence-electron chi connectivity index (χ3n) is 3.56. The molecule has 128 valence electrons. The summed E-state index contributed by atoms with van der Waals surface area (Å²) in [5.74, 6) is -0.336. The molecule has 0 radical (unpaired) electrons. The smallest absolute Gasteiger partial charge is 0.412 e. The first-order chi connectivity index (χ1) is 9.98. The van der Waals surface area contributed by atoms with E-state index in [2.05, 4.69) is 0 Å².